The van der Waals surface area contributed by atoms with Gasteiger partial charge in [0.25, 0.3) is 0 Å². The van der Waals surface area contributed by atoms with Gasteiger partial charge in [0.15, 0.2) is 5.82 Å². The summed E-state index contributed by atoms with van der Waals surface area (Å²) in [6.45, 7) is 0.382. The van der Waals surface area contributed by atoms with Crippen LogP contribution in [0.3, 0.4) is 0 Å². The second-order valence-corrected chi connectivity index (χ2v) is 3.99. The van der Waals surface area contributed by atoms with Crippen LogP contribution >= 0.6 is 11.6 Å². The molecule has 1 amide bonds. The van der Waals surface area contributed by atoms with E-state index in [1.807, 2.05) is 0 Å². The lowest BCUT2D eigenvalue weighted by atomic mass is 10.2. The Balaban J connectivity index is 2.25. The minimum absolute atomic E-state index is 0.0931. The zero-order valence-electron chi connectivity index (χ0n) is 9.30. The molecule has 6 heteroatoms. The van der Waals surface area contributed by atoms with Gasteiger partial charge in [0.05, 0.1) is 5.02 Å². The van der Waals surface area contributed by atoms with Crippen molar-refractivity contribution in [1.82, 2.24) is 15.3 Å². The minimum atomic E-state index is 0.0931. The van der Waals surface area contributed by atoms with Gasteiger partial charge >= 0.3 is 0 Å². The largest absolute Gasteiger partial charge is 0.508 e. The van der Waals surface area contributed by atoms with Gasteiger partial charge in [0.1, 0.15) is 5.75 Å². The average Bonchev–Trinajstić information content (AvgIpc) is 2.37. The first-order valence-corrected chi connectivity index (χ1v) is 5.55. The molecule has 0 spiro atoms. The lowest BCUT2D eigenvalue weighted by molar-refractivity contribution is -0.109. The molecule has 2 aromatic rings. The van der Waals surface area contributed by atoms with Gasteiger partial charge in [-0.05, 0) is 18.2 Å². The number of nitrogens with one attached hydrogen (secondary N) is 1. The summed E-state index contributed by atoms with van der Waals surface area (Å²) >= 11 is 5.99. The lowest BCUT2D eigenvalue weighted by Crippen LogP contribution is -2.10. The number of hydrogen-bond donors (Lipinski definition) is 2. The molecule has 0 aliphatic rings. The number of hydrogen-bond acceptors (Lipinski definition) is 4. The number of carbonyl (C=O) groups is 1. The fourth-order valence-electron chi connectivity index (χ4n) is 1.43. The van der Waals surface area contributed by atoms with Crippen LogP contribution in [0.1, 0.15) is 5.56 Å². The van der Waals surface area contributed by atoms with Crippen LogP contribution in [0.2, 0.25) is 5.02 Å². The van der Waals surface area contributed by atoms with Gasteiger partial charge < -0.3 is 10.4 Å². The van der Waals surface area contributed by atoms with E-state index in [4.69, 9.17) is 11.6 Å². The number of rotatable bonds is 4. The summed E-state index contributed by atoms with van der Waals surface area (Å²) in [5.74, 6) is 0.561. The van der Waals surface area contributed by atoms with Gasteiger partial charge in [-0.3, -0.25) is 4.79 Å². The van der Waals surface area contributed by atoms with Gasteiger partial charge in [-0.2, -0.15) is 0 Å². The Morgan fingerprint density at radius 2 is 2.06 bits per heavy atom. The van der Waals surface area contributed by atoms with Crippen LogP contribution in [-0.2, 0) is 11.3 Å². The fraction of sp³-hybridized carbons (Fsp3) is 0.0833. The second kappa shape index (κ2) is 5.46. The predicted octanol–water partition coefficient (Wildman–Crippen LogP) is 1.75. The Hall–Kier alpha value is -2.14. The maximum absolute atomic E-state index is 10.2. The highest BCUT2D eigenvalue weighted by molar-refractivity contribution is 6.33. The first-order valence-electron chi connectivity index (χ1n) is 5.17. The summed E-state index contributed by atoms with van der Waals surface area (Å²) in [5, 5.41) is 12.2. The van der Waals surface area contributed by atoms with Gasteiger partial charge in [-0.25, -0.2) is 9.97 Å². The molecule has 2 N–H and O–H groups in total. The highest BCUT2D eigenvalue weighted by Gasteiger charge is 2.07. The van der Waals surface area contributed by atoms with Crippen molar-refractivity contribution in [3.05, 3.63) is 41.2 Å². The first-order chi connectivity index (χ1) is 8.70. The molecule has 18 heavy (non-hydrogen) atoms. The molecule has 1 aromatic heterocycles. The summed E-state index contributed by atoms with van der Waals surface area (Å²) in [6, 6.07) is 4.60. The molecule has 2 rings (SSSR count). The third-order valence-corrected chi connectivity index (χ3v) is 2.60. The molecular formula is C12H10ClN3O2. The first kappa shape index (κ1) is 12.3. The van der Waals surface area contributed by atoms with Gasteiger partial charge in [-0.1, -0.05) is 11.6 Å². The van der Waals surface area contributed by atoms with E-state index in [9.17, 15) is 9.90 Å². The van der Waals surface area contributed by atoms with E-state index in [0.29, 0.717) is 29.4 Å². The Kier molecular flexibility index (Phi) is 3.74. The monoisotopic (exact) mass is 263 g/mol. The topological polar surface area (TPSA) is 75.1 Å². The summed E-state index contributed by atoms with van der Waals surface area (Å²) in [7, 11) is 0. The van der Waals surface area contributed by atoms with Gasteiger partial charge in [0.2, 0.25) is 6.41 Å². The molecular weight excluding hydrogens is 254 g/mol. The molecule has 92 valence electrons. The smallest absolute Gasteiger partial charge is 0.207 e. The van der Waals surface area contributed by atoms with Crippen molar-refractivity contribution in [2.45, 2.75) is 6.54 Å². The third kappa shape index (κ3) is 2.75. The van der Waals surface area contributed by atoms with E-state index in [1.54, 1.807) is 18.5 Å². The van der Waals surface area contributed by atoms with E-state index in [2.05, 4.69) is 15.3 Å². The quantitative estimate of drug-likeness (QED) is 0.824. The summed E-state index contributed by atoms with van der Waals surface area (Å²) < 4.78 is 0. The van der Waals surface area contributed by atoms with Crippen LogP contribution in [0, 0.1) is 0 Å². The number of amides is 1. The molecule has 1 heterocycles. The zero-order valence-corrected chi connectivity index (χ0v) is 10.1. The standard InChI is InChI=1S/C12H10ClN3O2/c13-11-3-9(18)1-2-10(11)12-15-5-8(6-16-12)4-14-7-17/h1-3,5-7,18H,4H2,(H,14,17). The molecule has 0 aliphatic carbocycles. The molecule has 1 aromatic carbocycles. The summed E-state index contributed by atoms with van der Waals surface area (Å²) in [5.41, 5.74) is 1.44. The van der Waals surface area contributed by atoms with E-state index in [-0.39, 0.29) is 5.75 Å². The molecule has 0 atom stereocenters. The minimum Gasteiger partial charge on any atom is -0.508 e. The Labute approximate surface area is 108 Å². The highest BCUT2D eigenvalue weighted by atomic mass is 35.5. The van der Waals surface area contributed by atoms with Crippen LogP contribution in [0.5, 0.6) is 5.75 Å². The Morgan fingerprint density at radius 1 is 1.33 bits per heavy atom. The van der Waals surface area contributed by atoms with Gasteiger partial charge in [0, 0.05) is 30.1 Å². The number of carbonyl (C=O) groups excluding carboxylic acids is 1. The fourth-order valence-corrected chi connectivity index (χ4v) is 1.69. The van der Waals surface area contributed by atoms with Crippen molar-refractivity contribution in [3.63, 3.8) is 0 Å². The molecule has 0 saturated carbocycles. The third-order valence-electron chi connectivity index (χ3n) is 2.29. The van der Waals surface area contributed by atoms with Crippen LogP contribution in [0.25, 0.3) is 11.4 Å². The maximum atomic E-state index is 10.2. The average molecular weight is 264 g/mol. The second-order valence-electron chi connectivity index (χ2n) is 3.58. The Morgan fingerprint density at radius 3 is 2.67 bits per heavy atom. The maximum Gasteiger partial charge on any atom is 0.207 e. The van der Waals surface area contributed by atoms with Crippen LogP contribution in [0.4, 0.5) is 0 Å². The number of aromatic hydroxyl groups is 1. The van der Waals surface area contributed by atoms with E-state index in [0.717, 1.165) is 5.56 Å². The molecule has 0 aliphatic heterocycles. The molecule has 0 radical (unpaired) electrons. The van der Waals surface area contributed by atoms with Crippen LogP contribution in [-0.4, -0.2) is 21.5 Å². The number of phenols is 1. The van der Waals surface area contributed by atoms with Gasteiger partial charge in [-0.15, -0.1) is 0 Å². The van der Waals surface area contributed by atoms with Crippen molar-refractivity contribution in [1.29, 1.82) is 0 Å². The highest BCUT2D eigenvalue weighted by Crippen LogP contribution is 2.28. The van der Waals surface area contributed by atoms with Crippen molar-refractivity contribution < 1.29 is 9.90 Å². The molecule has 0 saturated heterocycles. The molecule has 0 unspecified atom stereocenters. The van der Waals surface area contributed by atoms with E-state index < -0.39 is 0 Å². The molecule has 0 bridgehead atoms. The van der Waals surface area contributed by atoms with E-state index >= 15 is 0 Å². The zero-order chi connectivity index (χ0) is 13.0. The number of aromatic nitrogens is 2. The van der Waals surface area contributed by atoms with Crippen molar-refractivity contribution in [3.8, 4) is 17.1 Å². The summed E-state index contributed by atoms with van der Waals surface area (Å²) in [6.07, 6.45) is 3.84. The van der Waals surface area contributed by atoms with Crippen molar-refractivity contribution >= 4 is 18.0 Å². The number of nitrogens with zero attached hydrogens (tertiary/aromatic N) is 2. The normalized spacial score (nSPS) is 10.1. The SMILES string of the molecule is O=CNCc1cnc(-c2ccc(O)cc2Cl)nc1. The Bertz CT molecular complexity index is 558. The number of halogens is 1. The van der Waals surface area contributed by atoms with Crippen LogP contribution < -0.4 is 5.32 Å². The van der Waals surface area contributed by atoms with Crippen LogP contribution in [0.15, 0.2) is 30.6 Å². The van der Waals surface area contributed by atoms with E-state index in [1.165, 1.54) is 12.1 Å². The molecule has 0 fully saturated rings. The summed E-state index contributed by atoms with van der Waals surface area (Å²) in [4.78, 5) is 18.5. The lowest BCUT2D eigenvalue weighted by Gasteiger charge is -2.04. The number of phenolic OH excluding ortho intramolecular Hbond substituents is 1. The molecule has 5 nitrogen and oxygen atoms in total. The van der Waals surface area contributed by atoms with Crippen molar-refractivity contribution in [2.75, 3.05) is 0 Å². The van der Waals surface area contributed by atoms with Crippen molar-refractivity contribution in [2.24, 2.45) is 0 Å². The number of benzene rings is 1. The predicted molar refractivity (Wildman–Crippen MR) is 67.0 cm³/mol.